The Bertz CT molecular complexity index is 739. The second-order valence-electron chi connectivity index (χ2n) is 6.92. The lowest BCUT2D eigenvalue weighted by Crippen LogP contribution is -2.40. The lowest BCUT2D eigenvalue weighted by molar-refractivity contribution is -0.121. The van der Waals surface area contributed by atoms with Gasteiger partial charge in [0.15, 0.2) is 0 Å². The summed E-state index contributed by atoms with van der Waals surface area (Å²) in [6.07, 6.45) is 1.84. The predicted octanol–water partition coefficient (Wildman–Crippen LogP) is 4.29. The number of hydrogen-bond donors (Lipinski definition) is 1. The van der Waals surface area contributed by atoms with Crippen molar-refractivity contribution in [2.45, 2.75) is 33.2 Å². The molecular weight excluding hydrogens is 315 g/mol. The third-order valence-electron chi connectivity index (χ3n) is 4.96. The third-order valence-corrected chi connectivity index (χ3v) is 4.96. The van der Waals surface area contributed by atoms with E-state index in [2.05, 4.69) is 10.2 Å². The summed E-state index contributed by atoms with van der Waals surface area (Å²) in [6.45, 7) is 6.15. The summed E-state index contributed by atoms with van der Waals surface area (Å²) in [4.78, 5) is 14.9. The largest absolute Gasteiger partial charge is 0.325 e. The van der Waals surface area contributed by atoms with Crippen molar-refractivity contribution >= 4 is 11.6 Å². The average Bonchev–Trinajstić information content (AvgIpc) is 2.60. The zero-order chi connectivity index (χ0) is 17.8. The number of nitrogens with one attached hydrogen (secondary N) is 1. The highest BCUT2D eigenvalue weighted by Gasteiger charge is 2.26. The van der Waals surface area contributed by atoms with Crippen LogP contribution in [0.25, 0.3) is 0 Å². The first-order valence-electron chi connectivity index (χ1n) is 8.87. The van der Waals surface area contributed by atoms with Gasteiger partial charge in [0.05, 0.1) is 5.92 Å². The highest BCUT2D eigenvalue weighted by Crippen LogP contribution is 2.24. The van der Waals surface area contributed by atoms with Crippen molar-refractivity contribution in [2.24, 2.45) is 5.92 Å². The summed E-state index contributed by atoms with van der Waals surface area (Å²) in [6, 6.07) is 12.9. The molecule has 2 aromatic carbocycles. The lowest BCUT2D eigenvalue weighted by atomic mass is 9.96. The zero-order valence-electron chi connectivity index (χ0n) is 14.9. The Kier molecular flexibility index (Phi) is 5.49. The quantitative estimate of drug-likeness (QED) is 0.900. The van der Waals surface area contributed by atoms with E-state index in [1.54, 1.807) is 6.07 Å². The molecule has 1 heterocycles. The second-order valence-corrected chi connectivity index (χ2v) is 6.92. The van der Waals surface area contributed by atoms with Crippen molar-refractivity contribution in [3.05, 3.63) is 65.0 Å². The van der Waals surface area contributed by atoms with Crippen LogP contribution in [-0.4, -0.2) is 23.9 Å². The predicted molar refractivity (Wildman–Crippen MR) is 98.9 cm³/mol. The van der Waals surface area contributed by atoms with Crippen LogP contribution in [-0.2, 0) is 11.3 Å². The summed E-state index contributed by atoms with van der Waals surface area (Å²) in [5.74, 6) is -0.167. The van der Waals surface area contributed by atoms with E-state index in [9.17, 15) is 9.18 Å². The van der Waals surface area contributed by atoms with Gasteiger partial charge in [-0.1, -0.05) is 36.4 Å². The van der Waals surface area contributed by atoms with Crippen LogP contribution in [0, 0.1) is 25.6 Å². The number of carbonyl (C=O) groups is 1. The van der Waals surface area contributed by atoms with Crippen LogP contribution in [0.15, 0.2) is 42.5 Å². The van der Waals surface area contributed by atoms with E-state index < -0.39 is 0 Å². The highest BCUT2D eigenvalue weighted by atomic mass is 19.1. The molecule has 25 heavy (non-hydrogen) atoms. The molecular formula is C21H25FN2O. The molecule has 1 atom stereocenters. The maximum atomic E-state index is 13.9. The van der Waals surface area contributed by atoms with Crippen molar-refractivity contribution in [3.8, 4) is 0 Å². The van der Waals surface area contributed by atoms with Gasteiger partial charge in [0.25, 0.3) is 0 Å². The summed E-state index contributed by atoms with van der Waals surface area (Å²) in [7, 11) is 0. The Morgan fingerprint density at radius 1 is 1.16 bits per heavy atom. The Balaban J connectivity index is 1.65. The number of carbonyl (C=O) groups excluding carboxylic acids is 1. The van der Waals surface area contributed by atoms with Crippen molar-refractivity contribution in [2.75, 3.05) is 18.4 Å². The van der Waals surface area contributed by atoms with Crippen LogP contribution >= 0.6 is 0 Å². The summed E-state index contributed by atoms with van der Waals surface area (Å²) in [5.41, 5.74) is 3.76. The molecule has 0 radical (unpaired) electrons. The SMILES string of the molecule is Cc1cccc(C)c1NC(=O)C1CCCN(Cc2ccccc2F)C1. The van der Waals surface area contributed by atoms with Crippen LogP contribution in [0.5, 0.6) is 0 Å². The van der Waals surface area contributed by atoms with Crippen molar-refractivity contribution in [1.82, 2.24) is 4.90 Å². The lowest BCUT2D eigenvalue weighted by Gasteiger charge is -2.32. The van der Waals surface area contributed by atoms with Crippen LogP contribution in [0.4, 0.5) is 10.1 Å². The minimum Gasteiger partial charge on any atom is -0.325 e. The molecule has 0 aromatic heterocycles. The monoisotopic (exact) mass is 340 g/mol. The van der Waals surface area contributed by atoms with E-state index in [1.807, 2.05) is 44.2 Å². The fraction of sp³-hybridized carbons (Fsp3) is 0.381. The van der Waals surface area contributed by atoms with Gasteiger partial charge in [-0.3, -0.25) is 9.69 Å². The number of benzene rings is 2. The summed E-state index contributed by atoms with van der Waals surface area (Å²) < 4.78 is 13.9. The van der Waals surface area contributed by atoms with E-state index in [-0.39, 0.29) is 17.6 Å². The number of anilines is 1. The van der Waals surface area contributed by atoms with E-state index in [4.69, 9.17) is 0 Å². The van der Waals surface area contributed by atoms with Gasteiger partial charge in [0, 0.05) is 24.3 Å². The molecule has 1 fully saturated rings. The van der Waals surface area contributed by atoms with E-state index >= 15 is 0 Å². The number of piperidine rings is 1. The Morgan fingerprint density at radius 2 is 1.88 bits per heavy atom. The highest BCUT2D eigenvalue weighted by molar-refractivity contribution is 5.94. The fourth-order valence-electron chi connectivity index (χ4n) is 3.52. The third kappa shape index (κ3) is 4.26. The number of para-hydroxylation sites is 1. The van der Waals surface area contributed by atoms with Gasteiger partial charge in [0.2, 0.25) is 5.91 Å². The maximum Gasteiger partial charge on any atom is 0.228 e. The number of likely N-dealkylation sites (tertiary alicyclic amines) is 1. The molecule has 132 valence electrons. The van der Waals surface area contributed by atoms with Gasteiger partial charge in [-0.15, -0.1) is 0 Å². The average molecular weight is 340 g/mol. The van der Waals surface area contributed by atoms with Crippen LogP contribution in [0.1, 0.15) is 29.5 Å². The normalized spacial score (nSPS) is 18.1. The van der Waals surface area contributed by atoms with E-state index in [0.29, 0.717) is 18.7 Å². The van der Waals surface area contributed by atoms with Crippen LogP contribution in [0.3, 0.4) is 0 Å². The minimum absolute atomic E-state index is 0.0560. The molecule has 1 aliphatic heterocycles. The van der Waals surface area contributed by atoms with Gasteiger partial charge in [0.1, 0.15) is 5.82 Å². The molecule has 0 saturated carbocycles. The first-order valence-corrected chi connectivity index (χ1v) is 8.87. The number of amides is 1. The first-order chi connectivity index (χ1) is 12.0. The molecule has 3 nitrogen and oxygen atoms in total. The molecule has 1 aliphatic rings. The summed E-state index contributed by atoms with van der Waals surface area (Å²) in [5, 5.41) is 3.10. The van der Waals surface area contributed by atoms with Gasteiger partial charge in [-0.25, -0.2) is 4.39 Å². The Hall–Kier alpha value is -2.20. The van der Waals surface area contributed by atoms with Gasteiger partial charge < -0.3 is 5.32 Å². The van der Waals surface area contributed by atoms with Gasteiger partial charge in [-0.05, 0) is 50.4 Å². The van der Waals surface area contributed by atoms with Gasteiger partial charge in [-0.2, -0.15) is 0 Å². The van der Waals surface area contributed by atoms with E-state index in [0.717, 1.165) is 36.2 Å². The molecule has 0 aliphatic carbocycles. The van der Waals surface area contributed by atoms with Crippen LogP contribution in [0.2, 0.25) is 0 Å². The molecule has 1 amide bonds. The fourth-order valence-corrected chi connectivity index (χ4v) is 3.52. The van der Waals surface area contributed by atoms with Crippen molar-refractivity contribution in [1.29, 1.82) is 0 Å². The second kappa shape index (κ2) is 7.79. The first kappa shape index (κ1) is 17.6. The maximum absolute atomic E-state index is 13.9. The zero-order valence-corrected chi connectivity index (χ0v) is 14.9. The van der Waals surface area contributed by atoms with Crippen molar-refractivity contribution < 1.29 is 9.18 Å². The minimum atomic E-state index is -0.176. The van der Waals surface area contributed by atoms with Crippen LogP contribution < -0.4 is 5.32 Å². The number of aryl methyl sites for hydroxylation is 2. The number of rotatable bonds is 4. The summed E-state index contributed by atoms with van der Waals surface area (Å²) >= 11 is 0. The topological polar surface area (TPSA) is 32.3 Å². The Morgan fingerprint density at radius 3 is 2.60 bits per heavy atom. The molecule has 3 rings (SSSR count). The molecule has 0 bridgehead atoms. The molecule has 2 aromatic rings. The standard InChI is InChI=1S/C21H25FN2O/c1-15-7-5-8-16(2)20(15)23-21(25)18-10-6-12-24(14-18)13-17-9-3-4-11-19(17)22/h3-5,7-9,11,18H,6,10,12-14H2,1-2H3,(H,23,25). The number of halogens is 1. The molecule has 4 heteroatoms. The Labute approximate surface area is 148 Å². The molecule has 1 saturated heterocycles. The van der Waals surface area contributed by atoms with Crippen molar-refractivity contribution in [3.63, 3.8) is 0 Å². The van der Waals surface area contributed by atoms with E-state index in [1.165, 1.54) is 6.07 Å². The van der Waals surface area contributed by atoms with Gasteiger partial charge >= 0.3 is 0 Å². The number of hydrogen-bond acceptors (Lipinski definition) is 2. The molecule has 1 N–H and O–H groups in total. The number of nitrogens with zero attached hydrogens (tertiary/aromatic N) is 1. The smallest absolute Gasteiger partial charge is 0.228 e. The molecule has 1 unspecified atom stereocenters. The molecule has 0 spiro atoms.